The van der Waals surface area contributed by atoms with Crippen LogP contribution in [0.4, 0.5) is 0 Å². The molecule has 1 aromatic carbocycles. The molecule has 2 aromatic rings. The van der Waals surface area contributed by atoms with Crippen molar-refractivity contribution in [2.45, 2.75) is 18.8 Å². The van der Waals surface area contributed by atoms with Crippen LogP contribution in [0.3, 0.4) is 0 Å². The average Bonchev–Trinajstić information content (AvgIpc) is 3.09. The first-order valence-electron chi connectivity index (χ1n) is 6.69. The number of hydrogen-bond acceptors (Lipinski definition) is 2. The second kappa shape index (κ2) is 5.57. The minimum Gasteiger partial charge on any atom is -0.355 e. The zero-order valence-corrected chi connectivity index (χ0v) is 11.5. The van der Waals surface area contributed by atoms with Crippen LogP contribution in [0.1, 0.15) is 22.8 Å². The van der Waals surface area contributed by atoms with Gasteiger partial charge in [-0.3, -0.25) is 4.79 Å². The number of benzene rings is 1. The van der Waals surface area contributed by atoms with E-state index in [0.29, 0.717) is 5.92 Å². The maximum Gasteiger partial charge on any atom is 0.223 e. The lowest BCUT2D eigenvalue weighted by Crippen LogP contribution is -2.27. The van der Waals surface area contributed by atoms with Gasteiger partial charge in [0.05, 0.1) is 0 Å². The lowest BCUT2D eigenvalue weighted by atomic mass is 10.1. The van der Waals surface area contributed by atoms with E-state index in [-0.39, 0.29) is 11.8 Å². The van der Waals surface area contributed by atoms with Crippen LogP contribution in [0.5, 0.6) is 0 Å². The molecule has 3 heteroatoms. The Morgan fingerprint density at radius 3 is 2.79 bits per heavy atom. The molecule has 1 aliphatic carbocycles. The molecule has 2 nitrogen and oxygen atoms in total. The van der Waals surface area contributed by atoms with Crippen LogP contribution in [0, 0.1) is 5.92 Å². The fourth-order valence-corrected chi connectivity index (χ4v) is 3.16. The monoisotopic (exact) mass is 271 g/mol. The zero-order chi connectivity index (χ0) is 13.1. The summed E-state index contributed by atoms with van der Waals surface area (Å²) in [5.41, 5.74) is 1.29. The van der Waals surface area contributed by atoms with E-state index >= 15 is 0 Å². The number of carbonyl (C=O) groups excluding carboxylic acids is 1. The smallest absolute Gasteiger partial charge is 0.223 e. The molecule has 1 saturated carbocycles. The predicted octanol–water partition coefficient (Wildman–Crippen LogP) is 3.21. The van der Waals surface area contributed by atoms with Crippen LogP contribution in [-0.4, -0.2) is 12.5 Å². The van der Waals surface area contributed by atoms with E-state index in [1.807, 2.05) is 24.3 Å². The van der Waals surface area contributed by atoms with E-state index in [2.05, 4.69) is 28.9 Å². The van der Waals surface area contributed by atoms with Gasteiger partial charge in [0.2, 0.25) is 5.91 Å². The quantitative estimate of drug-likeness (QED) is 0.889. The van der Waals surface area contributed by atoms with Crippen LogP contribution < -0.4 is 5.32 Å². The third-order valence-corrected chi connectivity index (χ3v) is 4.54. The van der Waals surface area contributed by atoms with Gasteiger partial charge in [0.15, 0.2) is 0 Å². The topological polar surface area (TPSA) is 29.1 Å². The highest BCUT2D eigenvalue weighted by Crippen LogP contribution is 2.47. The van der Waals surface area contributed by atoms with Gasteiger partial charge in [-0.1, -0.05) is 36.4 Å². The molecule has 0 bridgehead atoms. The molecule has 1 aliphatic rings. The van der Waals surface area contributed by atoms with Crippen molar-refractivity contribution in [3.05, 3.63) is 58.3 Å². The van der Waals surface area contributed by atoms with E-state index < -0.39 is 0 Å². The Bertz CT molecular complexity index is 535. The van der Waals surface area contributed by atoms with Gasteiger partial charge in [0.25, 0.3) is 0 Å². The number of amides is 1. The summed E-state index contributed by atoms with van der Waals surface area (Å²) in [6, 6.07) is 14.5. The van der Waals surface area contributed by atoms with Gasteiger partial charge in [-0.15, -0.1) is 11.3 Å². The maximum atomic E-state index is 12.0. The molecule has 2 unspecified atom stereocenters. The molecule has 98 valence electrons. The van der Waals surface area contributed by atoms with Crippen LogP contribution in [0.2, 0.25) is 0 Å². The number of nitrogens with one attached hydrogen (secondary N) is 1. The number of thiophene rings is 1. The van der Waals surface area contributed by atoms with E-state index in [9.17, 15) is 4.79 Å². The van der Waals surface area contributed by atoms with Gasteiger partial charge in [-0.05, 0) is 35.8 Å². The highest BCUT2D eigenvalue weighted by molar-refractivity contribution is 7.09. The molecule has 1 amide bonds. The Kier molecular flexibility index (Phi) is 3.65. The maximum absolute atomic E-state index is 12.0. The minimum atomic E-state index is 0.186. The van der Waals surface area contributed by atoms with E-state index in [0.717, 1.165) is 19.4 Å². The summed E-state index contributed by atoms with van der Waals surface area (Å²) in [5, 5.41) is 5.12. The highest BCUT2D eigenvalue weighted by atomic mass is 32.1. The van der Waals surface area contributed by atoms with Gasteiger partial charge in [0, 0.05) is 17.3 Å². The Morgan fingerprint density at radius 2 is 2.05 bits per heavy atom. The first-order valence-corrected chi connectivity index (χ1v) is 7.57. The van der Waals surface area contributed by atoms with Gasteiger partial charge < -0.3 is 5.32 Å². The summed E-state index contributed by atoms with van der Waals surface area (Å²) in [4.78, 5) is 13.3. The fraction of sp³-hybridized carbons (Fsp3) is 0.312. The second-order valence-electron chi connectivity index (χ2n) is 4.98. The Morgan fingerprint density at radius 1 is 1.21 bits per heavy atom. The van der Waals surface area contributed by atoms with Crippen molar-refractivity contribution in [3.8, 4) is 0 Å². The van der Waals surface area contributed by atoms with Crippen molar-refractivity contribution in [2.24, 2.45) is 5.92 Å². The third-order valence-electron chi connectivity index (χ3n) is 3.61. The molecule has 1 aromatic heterocycles. The molecular formula is C16H17NOS. The summed E-state index contributed by atoms with van der Waals surface area (Å²) < 4.78 is 0. The molecule has 0 saturated heterocycles. The van der Waals surface area contributed by atoms with Crippen LogP contribution in [-0.2, 0) is 11.2 Å². The second-order valence-corrected chi connectivity index (χ2v) is 6.01. The lowest BCUT2D eigenvalue weighted by molar-refractivity contribution is -0.122. The highest BCUT2D eigenvalue weighted by Gasteiger charge is 2.43. The van der Waals surface area contributed by atoms with Crippen molar-refractivity contribution < 1.29 is 4.79 Å². The normalized spacial score (nSPS) is 21.1. The van der Waals surface area contributed by atoms with Gasteiger partial charge in [0.1, 0.15) is 0 Å². The van der Waals surface area contributed by atoms with Gasteiger partial charge in [-0.25, -0.2) is 0 Å². The molecule has 2 atom stereocenters. The van der Waals surface area contributed by atoms with Gasteiger partial charge >= 0.3 is 0 Å². The largest absolute Gasteiger partial charge is 0.355 e. The number of rotatable bonds is 5. The minimum absolute atomic E-state index is 0.186. The van der Waals surface area contributed by atoms with Crippen LogP contribution >= 0.6 is 11.3 Å². The summed E-state index contributed by atoms with van der Waals surface area (Å²) in [5.74, 6) is 0.832. The molecule has 0 spiro atoms. The zero-order valence-electron chi connectivity index (χ0n) is 10.7. The van der Waals surface area contributed by atoms with Crippen molar-refractivity contribution in [1.82, 2.24) is 5.32 Å². The van der Waals surface area contributed by atoms with E-state index in [1.165, 1.54) is 10.4 Å². The summed E-state index contributed by atoms with van der Waals surface area (Å²) >= 11 is 1.74. The third kappa shape index (κ3) is 3.04. The Balaban J connectivity index is 1.45. The van der Waals surface area contributed by atoms with Crippen molar-refractivity contribution in [2.75, 3.05) is 6.54 Å². The molecule has 1 N–H and O–H groups in total. The predicted molar refractivity (Wildman–Crippen MR) is 78.3 cm³/mol. The number of hydrogen-bond donors (Lipinski definition) is 1. The lowest BCUT2D eigenvalue weighted by Gasteiger charge is -2.04. The number of carbonyl (C=O) groups is 1. The summed E-state index contributed by atoms with van der Waals surface area (Å²) in [6.07, 6.45) is 1.93. The SMILES string of the molecule is O=C(NCCc1cccs1)C1CC1c1ccccc1. The van der Waals surface area contributed by atoms with Crippen molar-refractivity contribution in [3.63, 3.8) is 0 Å². The van der Waals surface area contributed by atoms with Crippen molar-refractivity contribution >= 4 is 17.2 Å². The Labute approximate surface area is 117 Å². The standard InChI is InChI=1S/C16H17NOS/c18-16(17-9-8-13-7-4-10-19-13)15-11-14(15)12-5-2-1-3-6-12/h1-7,10,14-15H,8-9,11H2,(H,17,18). The van der Waals surface area contributed by atoms with Gasteiger partial charge in [-0.2, -0.15) is 0 Å². The van der Waals surface area contributed by atoms with Crippen molar-refractivity contribution in [1.29, 1.82) is 0 Å². The molecule has 0 radical (unpaired) electrons. The molecule has 19 heavy (non-hydrogen) atoms. The van der Waals surface area contributed by atoms with Crippen LogP contribution in [0.25, 0.3) is 0 Å². The van der Waals surface area contributed by atoms with E-state index in [1.54, 1.807) is 11.3 Å². The van der Waals surface area contributed by atoms with E-state index in [4.69, 9.17) is 0 Å². The average molecular weight is 271 g/mol. The summed E-state index contributed by atoms with van der Waals surface area (Å²) in [7, 11) is 0. The van der Waals surface area contributed by atoms with Crippen LogP contribution in [0.15, 0.2) is 47.8 Å². The Hall–Kier alpha value is -1.61. The fourth-order valence-electron chi connectivity index (χ4n) is 2.45. The molecular weight excluding hydrogens is 254 g/mol. The first-order chi connectivity index (χ1) is 9.34. The molecule has 0 aliphatic heterocycles. The molecule has 3 rings (SSSR count). The molecule has 1 heterocycles. The molecule has 1 fully saturated rings. The first kappa shape index (κ1) is 12.4. The summed E-state index contributed by atoms with van der Waals surface area (Å²) in [6.45, 7) is 0.747.